The summed E-state index contributed by atoms with van der Waals surface area (Å²) >= 11 is 0. The van der Waals surface area contributed by atoms with E-state index in [0.29, 0.717) is 17.9 Å². The van der Waals surface area contributed by atoms with Gasteiger partial charge in [-0.15, -0.1) is 0 Å². The van der Waals surface area contributed by atoms with Gasteiger partial charge >= 0.3 is 0 Å². The van der Waals surface area contributed by atoms with Gasteiger partial charge in [0.25, 0.3) is 0 Å². The van der Waals surface area contributed by atoms with Gasteiger partial charge in [0.2, 0.25) is 5.91 Å². The van der Waals surface area contributed by atoms with Gasteiger partial charge in [0.05, 0.1) is 18.7 Å². The zero-order valence-corrected chi connectivity index (χ0v) is 11.8. The van der Waals surface area contributed by atoms with Gasteiger partial charge in [-0.3, -0.25) is 4.79 Å². The van der Waals surface area contributed by atoms with E-state index in [1.807, 2.05) is 6.92 Å². The first-order valence-electron chi connectivity index (χ1n) is 6.85. The first-order valence-corrected chi connectivity index (χ1v) is 6.85. The summed E-state index contributed by atoms with van der Waals surface area (Å²) in [5, 5.41) is 16.8. The summed E-state index contributed by atoms with van der Waals surface area (Å²) in [7, 11) is 0. The standard InChI is InChI=1S/C15H18FN3O2/c1-2-8-19-14(6-7-17-19)18-15(21)10-13(20)11-4-3-5-12(16)9-11/h3-7,9,13,20H,2,8,10H2,1H3,(H,18,21). The lowest BCUT2D eigenvalue weighted by Crippen LogP contribution is -2.18. The highest BCUT2D eigenvalue weighted by Gasteiger charge is 2.15. The molecule has 2 aromatic rings. The van der Waals surface area contributed by atoms with Crippen LogP contribution in [0.1, 0.15) is 31.4 Å². The summed E-state index contributed by atoms with van der Waals surface area (Å²) in [6, 6.07) is 7.30. The Balaban J connectivity index is 1.96. The maximum atomic E-state index is 13.1. The number of nitrogens with zero attached hydrogens (tertiary/aromatic N) is 2. The van der Waals surface area contributed by atoms with Crippen molar-refractivity contribution in [2.45, 2.75) is 32.4 Å². The SMILES string of the molecule is CCCn1nccc1NC(=O)CC(O)c1cccc(F)c1. The Hall–Kier alpha value is -2.21. The van der Waals surface area contributed by atoms with Crippen molar-refractivity contribution < 1.29 is 14.3 Å². The largest absolute Gasteiger partial charge is 0.388 e. The molecule has 0 spiro atoms. The summed E-state index contributed by atoms with van der Waals surface area (Å²) < 4.78 is 14.8. The maximum absolute atomic E-state index is 13.1. The molecule has 0 bridgehead atoms. The Morgan fingerprint density at radius 2 is 2.29 bits per heavy atom. The fourth-order valence-electron chi connectivity index (χ4n) is 2.03. The van der Waals surface area contributed by atoms with Crippen LogP contribution in [0, 0.1) is 5.82 Å². The number of benzene rings is 1. The molecule has 2 N–H and O–H groups in total. The van der Waals surface area contributed by atoms with Crippen LogP contribution in [0.5, 0.6) is 0 Å². The number of aliphatic hydroxyl groups excluding tert-OH is 1. The Morgan fingerprint density at radius 1 is 1.48 bits per heavy atom. The molecule has 1 aromatic carbocycles. The summed E-state index contributed by atoms with van der Waals surface area (Å²) in [5.74, 6) is -0.189. The molecule has 0 radical (unpaired) electrons. The molecule has 0 saturated heterocycles. The number of rotatable bonds is 6. The smallest absolute Gasteiger partial charge is 0.228 e. The van der Waals surface area contributed by atoms with E-state index in [2.05, 4.69) is 10.4 Å². The second-order valence-corrected chi connectivity index (χ2v) is 4.76. The van der Waals surface area contributed by atoms with Crippen LogP contribution in [0.3, 0.4) is 0 Å². The van der Waals surface area contributed by atoms with Gasteiger partial charge in [0.1, 0.15) is 11.6 Å². The van der Waals surface area contributed by atoms with Crippen LogP contribution < -0.4 is 5.32 Å². The molecule has 6 heteroatoms. The van der Waals surface area contributed by atoms with Crippen molar-refractivity contribution in [1.29, 1.82) is 0 Å². The Kier molecular flexibility index (Phi) is 5.05. The number of hydrogen-bond donors (Lipinski definition) is 2. The molecule has 1 atom stereocenters. The van der Waals surface area contributed by atoms with Gasteiger partial charge < -0.3 is 10.4 Å². The van der Waals surface area contributed by atoms with E-state index in [1.54, 1.807) is 23.0 Å². The minimum atomic E-state index is -1.04. The van der Waals surface area contributed by atoms with Gasteiger partial charge in [-0.2, -0.15) is 5.10 Å². The third-order valence-electron chi connectivity index (χ3n) is 3.03. The van der Waals surface area contributed by atoms with Crippen molar-refractivity contribution >= 4 is 11.7 Å². The molecular formula is C15H18FN3O2. The molecule has 0 fully saturated rings. The second-order valence-electron chi connectivity index (χ2n) is 4.76. The topological polar surface area (TPSA) is 67.2 Å². The van der Waals surface area contributed by atoms with Gasteiger partial charge in [0, 0.05) is 12.6 Å². The first kappa shape index (κ1) is 15.2. The fourth-order valence-corrected chi connectivity index (χ4v) is 2.03. The van der Waals surface area contributed by atoms with Gasteiger partial charge in [-0.05, 0) is 24.1 Å². The van der Waals surface area contributed by atoms with E-state index in [-0.39, 0.29) is 12.3 Å². The number of aromatic nitrogens is 2. The molecule has 112 valence electrons. The monoisotopic (exact) mass is 291 g/mol. The predicted molar refractivity (Wildman–Crippen MR) is 77.1 cm³/mol. The van der Waals surface area contributed by atoms with Crippen molar-refractivity contribution in [3.8, 4) is 0 Å². The summed E-state index contributed by atoms with van der Waals surface area (Å²) in [5.41, 5.74) is 0.382. The van der Waals surface area contributed by atoms with Crippen molar-refractivity contribution in [2.24, 2.45) is 0 Å². The molecule has 0 aliphatic heterocycles. The van der Waals surface area contributed by atoms with Crippen LogP contribution >= 0.6 is 0 Å². The zero-order chi connectivity index (χ0) is 15.2. The fraction of sp³-hybridized carbons (Fsp3) is 0.333. The average Bonchev–Trinajstić information content (AvgIpc) is 2.86. The Morgan fingerprint density at radius 3 is 3.00 bits per heavy atom. The number of nitrogens with one attached hydrogen (secondary N) is 1. The molecule has 1 aromatic heterocycles. The summed E-state index contributed by atoms with van der Waals surface area (Å²) in [6.07, 6.45) is 1.33. The van der Waals surface area contributed by atoms with Crippen molar-refractivity contribution in [3.05, 3.63) is 47.9 Å². The van der Waals surface area contributed by atoms with E-state index in [4.69, 9.17) is 0 Å². The van der Waals surface area contributed by atoms with Crippen molar-refractivity contribution in [2.75, 3.05) is 5.32 Å². The van der Waals surface area contributed by atoms with E-state index >= 15 is 0 Å². The number of hydrogen-bond acceptors (Lipinski definition) is 3. The van der Waals surface area contributed by atoms with E-state index in [1.165, 1.54) is 18.2 Å². The molecule has 0 aliphatic carbocycles. The van der Waals surface area contributed by atoms with E-state index < -0.39 is 11.9 Å². The molecule has 2 rings (SSSR count). The van der Waals surface area contributed by atoms with Crippen molar-refractivity contribution in [3.63, 3.8) is 0 Å². The molecule has 5 nitrogen and oxygen atoms in total. The van der Waals surface area contributed by atoms with Gasteiger partial charge in [-0.25, -0.2) is 9.07 Å². The van der Waals surface area contributed by atoms with Crippen LogP contribution in [0.4, 0.5) is 10.2 Å². The zero-order valence-electron chi connectivity index (χ0n) is 11.8. The van der Waals surface area contributed by atoms with Crippen LogP contribution in [-0.2, 0) is 11.3 Å². The minimum absolute atomic E-state index is 0.138. The van der Waals surface area contributed by atoms with Crippen LogP contribution in [-0.4, -0.2) is 20.8 Å². The minimum Gasteiger partial charge on any atom is -0.388 e. The number of amides is 1. The Bertz CT molecular complexity index is 612. The third-order valence-corrected chi connectivity index (χ3v) is 3.03. The number of aliphatic hydroxyl groups is 1. The highest BCUT2D eigenvalue weighted by atomic mass is 19.1. The normalized spacial score (nSPS) is 12.1. The molecule has 0 saturated carbocycles. The molecular weight excluding hydrogens is 273 g/mol. The Labute approximate surface area is 122 Å². The summed E-state index contributed by atoms with van der Waals surface area (Å²) in [6.45, 7) is 2.72. The number of halogens is 1. The van der Waals surface area contributed by atoms with E-state index in [9.17, 15) is 14.3 Å². The lowest BCUT2D eigenvalue weighted by atomic mass is 10.1. The summed E-state index contributed by atoms with van der Waals surface area (Å²) in [4.78, 5) is 11.9. The number of carbonyl (C=O) groups excluding carboxylic acids is 1. The highest BCUT2D eigenvalue weighted by molar-refractivity contribution is 5.90. The van der Waals surface area contributed by atoms with Gasteiger partial charge in [-0.1, -0.05) is 19.1 Å². The van der Waals surface area contributed by atoms with Crippen LogP contribution in [0.15, 0.2) is 36.5 Å². The van der Waals surface area contributed by atoms with Gasteiger partial charge in [0.15, 0.2) is 0 Å². The maximum Gasteiger partial charge on any atom is 0.228 e. The number of aryl methyl sites for hydroxylation is 1. The average molecular weight is 291 g/mol. The highest BCUT2D eigenvalue weighted by Crippen LogP contribution is 2.18. The molecule has 1 heterocycles. The lowest BCUT2D eigenvalue weighted by Gasteiger charge is -2.12. The molecule has 1 unspecified atom stereocenters. The predicted octanol–water partition coefficient (Wildman–Crippen LogP) is 2.49. The number of carbonyl (C=O) groups is 1. The second kappa shape index (κ2) is 6.99. The van der Waals surface area contributed by atoms with Crippen LogP contribution in [0.25, 0.3) is 0 Å². The molecule has 0 aliphatic rings. The molecule has 21 heavy (non-hydrogen) atoms. The van der Waals surface area contributed by atoms with Crippen molar-refractivity contribution in [1.82, 2.24) is 9.78 Å². The quantitative estimate of drug-likeness (QED) is 0.859. The third kappa shape index (κ3) is 4.13. The van der Waals surface area contributed by atoms with E-state index in [0.717, 1.165) is 6.42 Å². The first-order chi connectivity index (χ1) is 10.1. The molecule has 1 amide bonds. The van der Waals surface area contributed by atoms with Crippen LogP contribution in [0.2, 0.25) is 0 Å². The number of anilines is 1. The lowest BCUT2D eigenvalue weighted by molar-refractivity contribution is -0.118.